The third-order valence-corrected chi connectivity index (χ3v) is 5.77. The topological polar surface area (TPSA) is 38.3 Å². The van der Waals surface area contributed by atoms with Gasteiger partial charge in [-0.05, 0) is 80.6 Å². The monoisotopic (exact) mass is 291 g/mol. The van der Waals surface area contributed by atoms with Gasteiger partial charge in [-0.25, -0.2) is 0 Å². The third kappa shape index (κ3) is 3.68. The average Bonchev–Trinajstić information content (AvgIpc) is 2.44. The van der Waals surface area contributed by atoms with Crippen molar-refractivity contribution in [3.63, 3.8) is 0 Å². The van der Waals surface area contributed by atoms with Crippen LogP contribution in [0, 0.1) is 23.2 Å². The smallest absolute Gasteiger partial charge is 0.243 e. The first-order chi connectivity index (χ1) is 10.2. The lowest BCUT2D eigenvalue weighted by atomic mass is 9.50. The molecule has 21 heavy (non-hydrogen) atoms. The number of carbonyl (C=O) groups excluding carboxylic acids is 1. The second kappa shape index (κ2) is 6.51. The number of carbonyl (C=O) groups is 1. The molecule has 0 atom stereocenters. The van der Waals surface area contributed by atoms with Gasteiger partial charge in [-0.2, -0.15) is 0 Å². The Morgan fingerprint density at radius 3 is 2.33 bits per heavy atom. The van der Waals surface area contributed by atoms with Gasteiger partial charge in [0.15, 0.2) is 0 Å². The zero-order chi connectivity index (χ0) is 14.7. The zero-order valence-electron chi connectivity index (χ0n) is 13.1. The van der Waals surface area contributed by atoms with Crippen molar-refractivity contribution < 1.29 is 9.53 Å². The first kappa shape index (κ1) is 15.1. The molecule has 4 aliphatic rings. The van der Waals surface area contributed by atoms with Gasteiger partial charge in [0.1, 0.15) is 0 Å². The molecule has 3 heteroatoms. The van der Waals surface area contributed by atoms with Crippen LogP contribution in [0.1, 0.15) is 51.4 Å². The van der Waals surface area contributed by atoms with Gasteiger partial charge in [0.2, 0.25) is 5.91 Å². The van der Waals surface area contributed by atoms with E-state index in [1.807, 2.05) is 0 Å². The fourth-order valence-electron chi connectivity index (χ4n) is 5.37. The fourth-order valence-corrected chi connectivity index (χ4v) is 5.37. The van der Waals surface area contributed by atoms with Crippen LogP contribution in [0.15, 0.2) is 12.7 Å². The van der Waals surface area contributed by atoms with E-state index in [0.29, 0.717) is 5.41 Å². The van der Waals surface area contributed by atoms with E-state index in [9.17, 15) is 4.79 Å². The van der Waals surface area contributed by atoms with Gasteiger partial charge in [0, 0.05) is 13.2 Å². The van der Waals surface area contributed by atoms with E-state index in [-0.39, 0.29) is 5.91 Å². The lowest BCUT2D eigenvalue weighted by Gasteiger charge is -2.56. The molecular weight excluding hydrogens is 262 g/mol. The SMILES string of the molecule is C=CC(=O)NCCCCOCC12CC3CC(CC(C3)C1)C2. The minimum Gasteiger partial charge on any atom is -0.381 e. The average molecular weight is 291 g/mol. The van der Waals surface area contributed by atoms with Gasteiger partial charge < -0.3 is 10.1 Å². The molecule has 0 aromatic rings. The summed E-state index contributed by atoms with van der Waals surface area (Å²) in [5.41, 5.74) is 0.534. The molecule has 3 nitrogen and oxygen atoms in total. The predicted octanol–water partition coefficient (Wildman–Crippen LogP) is 3.30. The first-order valence-corrected chi connectivity index (χ1v) is 8.67. The van der Waals surface area contributed by atoms with Crippen LogP contribution in [0.3, 0.4) is 0 Å². The van der Waals surface area contributed by atoms with Gasteiger partial charge in [0.25, 0.3) is 0 Å². The van der Waals surface area contributed by atoms with Crippen LogP contribution in [0.2, 0.25) is 0 Å². The Bertz CT molecular complexity index is 355. The van der Waals surface area contributed by atoms with E-state index in [0.717, 1.165) is 50.4 Å². The number of nitrogens with one attached hydrogen (secondary N) is 1. The lowest BCUT2D eigenvalue weighted by Crippen LogP contribution is -2.48. The lowest BCUT2D eigenvalue weighted by molar-refractivity contribution is -0.116. The number of unbranched alkanes of at least 4 members (excludes halogenated alkanes) is 1. The molecule has 4 fully saturated rings. The summed E-state index contributed by atoms with van der Waals surface area (Å²) < 4.78 is 6.02. The Kier molecular flexibility index (Phi) is 4.68. The van der Waals surface area contributed by atoms with Gasteiger partial charge in [-0.1, -0.05) is 6.58 Å². The summed E-state index contributed by atoms with van der Waals surface area (Å²) in [5.74, 6) is 2.95. The van der Waals surface area contributed by atoms with Crippen molar-refractivity contribution in [3.8, 4) is 0 Å². The van der Waals surface area contributed by atoms with Crippen LogP contribution in [0.25, 0.3) is 0 Å². The van der Waals surface area contributed by atoms with Crippen molar-refractivity contribution in [1.82, 2.24) is 5.32 Å². The van der Waals surface area contributed by atoms with Crippen LogP contribution >= 0.6 is 0 Å². The summed E-state index contributed by atoms with van der Waals surface area (Å²) in [4.78, 5) is 11.0. The maximum absolute atomic E-state index is 11.0. The summed E-state index contributed by atoms with van der Waals surface area (Å²) in [6.45, 7) is 5.99. The molecule has 0 unspecified atom stereocenters. The summed E-state index contributed by atoms with van der Waals surface area (Å²) >= 11 is 0. The molecule has 0 aliphatic heterocycles. The summed E-state index contributed by atoms with van der Waals surface area (Å²) in [6.07, 6.45) is 12.1. The summed E-state index contributed by atoms with van der Waals surface area (Å²) in [5, 5.41) is 2.81. The van der Waals surface area contributed by atoms with Crippen molar-refractivity contribution in [3.05, 3.63) is 12.7 Å². The maximum Gasteiger partial charge on any atom is 0.243 e. The molecule has 0 heterocycles. The van der Waals surface area contributed by atoms with Crippen LogP contribution in [0.5, 0.6) is 0 Å². The third-order valence-electron chi connectivity index (χ3n) is 5.77. The van der Waals surface area contributed by atoms with Gasteiger partial charge in [0.05, 0.1) is 6.61 Å². The highest BCUT2D eigenvalue weighted by atomic mass is 16.5. The van der Waals surface area contributed by atoms with Crippen molar-refractivity contribution in [2.45, 2.75) is 51.4 Å². The van der Waals surface area contributed by atoms with Crippen LogP contribution < -0.4 is 5.32 Å². The Hall–Kier alpha value is -0.830. The van der Waals surface area contributed by atoms with Crippen LogP contribution in [-0.2, 0) is 9.53 Å². The van der Waals surface area contributed by atoms with Crippen LogP contribution in [-0.4, -0.2) is 25.7 Å². The first-order valence-electron chi connectivity index (χ1n) is 8.67. The number of rotatable bonds is 8. The molecule has 4 rings (SSSR count). The molecule has 118 valence electrons. The number of hydrogen-bond donors (Lipinski definition) is 1. The normalized spacial score (nSPS) is 36.7. The summed E-state index contributed by atoms with van der Waals surface area (Å²) in [7, 11) is 0. The van der Waals surface area contributed by atoms with Gasteiger partial charge in [-0.15, -0.1) is 0 Å². The predicted molar refractivity (Wildman–Crippen MR) is 83.9 cm³/mol. The molecule has 0 radical (unpaired) electrons. The quantitative estimate of drug-likeness (QED) is 0.550. The minimum absolute atomic E-state index is 0.0792. The van der Waals surface area contributed by atoms with E-state index in [2.05, 4.69) is 11.9 Å². The Labute approximate surface area is 128 Å². The Morgan fingerprint density at radius 2 is 1.76 bits per heavy atom. The molecule has 4 aliphatic carbocycles. The maximum atomic E-state index is 11.0. The summed E-state index contributed by atoms with van der Waals surface area (Å²) in [6, 6.07) is 0. The molecular formula is C18H29NO2. The van der Waals surface area contributed by atoms with Crippen LogP contribution in [0.4, 0.5) is 0 Å². The molecule has 0 aromatic carbocycles. The zero-order valence-corrected chi connectivity index (χ0v) is 13.1. The Balaban J connectivity index is 1.31. The number of ether oxygens (including phenoxy) is 1. The second-order valence-electron chi connectivity index (χ2n) is 7.67. The highest BCUT2D eigenvalue weighted by Gasteiger charge is 2.50. The van der Waals surface area contributed by atoms with Gasteiger partial charge >= 0.3 is 0 Å². The van der Waals surface area contributed by atoms with E-state index in [4.69, 9.17) is 4.74 Å². The van der Waals surface area contributed by atoms with E-state index in [1.54, 1.807) is 0 Å². The second-order valence-corrected chi connectivity index (χ2v) is 7.67. The molecule has 4 saturated carbocycles. The highest BCUT2D eigenvalue weighted by Crippen LogP contribution is 2.59. The number of hydrogen-bond acceptors (Lipinski definition) is 2. The molecule has 0 aromatic heterocycles. The largest absolute Gasteiger partial charge is 0.381 e. The van der Waals surface area contributed by atoms with Crippen molar-refractivity contribution in [2.24, 2.45) is 23.2 Å². The standard InChI is InChI=1S/C18H29NO2/c1-2-17(20)19-5-3-4-6-21-13-18-10-14-7-15(11-18)9-16(8-14)12-18/h2,14-16H,1,3-13H2,(H,19,20). The molecule has 0 saturated heterocycles. The van der Waals surface area contributed by atoms with Crippen molar-refractivity contribution in [2.75, 3.05) is 19.8 Å². The van der Waals surface area contributed by atoms with Crippen molar-refractivity contribution >= 4 is 5.91 Å². The van der Waals surface area contributed by atoms with Gasteiger partial charge in [-0.3, -0.25) is 4.79 Å². The van der Waals surface area contributed by atoms with E-state index in [1.165, 1.54) is 44.6 Å². The molecule has 1 N–H and O–H groups in total. The van der Waals surface area contributed by atoms with E-state index < -0.39 is 0 Å². The molecule has 1 amide bonds. The van der Waals surface area contributed by atoms with E-state index >= 15 is 0 Å². The minimum atomic E-state index is -0.0792. The Morgan fingerprint density at radius 1 is 1.14 bits per heavy atom. The molecule has 0 spiro atoms. The molecule has 4 bridgehead atoms. The fraction of sp³-hybridized carbons (Fsp3) is 0.833. The van der Waals surface area contributed by atoms with Crippen molar-refractivity contribution in [1.29, 1.82) is 0 Å². The number of amides is 1. The highest BCUT2D eigenvalue weighted by molar-refractivity contribution is 5.86.